The Bertz CT molecular complexity index is 740. The van der Waals surface area contributed by atoms with E-state index >= 15 is 0 Å². The lowest BCUT2D eigenvalue weighted by Crippen LogP contribution is -2.37. The third-order valence-corrected chi connectivity index (χ3v) is 3.74. The number of rotatable bonds is 7. The van der Waals surface area contributed by atoms with E-state index in [1.54, 1.807) is 18.5 Å². The zero-order chi connectivity index (χ0) is 18.4. The van der Waals surface area contributed by atoms with Crippen molar-refractivity contribution in [3.63, 3.8) is 0 Å². The van der Waals surface area contributed by atoms with Crippen molar-refractivity contribution in [3.05, 3.63) is 47.3 Å². The Balaban J connectivity index is 2.44. The molecule has 0 aliphatic carbocycles. The zero-order valence-electron chi connectivity index (χ0n) is 14.9. The summed E-state index contributed by atoms with van der Waals surface area (Å²) in [4.78, 5) is 24.4. The number of ether oxygens (including phenoxy) is 2. The molecule has 2 rings (SSSR count). The van der Waals surface area contributed by atoms with Crippen molar-refractivity contribution in [2.75, 3.05) is 20.3 Å². The molecule has 0 aliphatic rings. The summed E-state index contributed by atoms with van der Waals surface area (Å²) in [5, 5.41) is 7.20. The number of hydrogen-bond donors (Lipinski definition) is 1. The van der Waals surface area contributed by atoms with Crippen molar-refractivity contribution in [2.24, 2.45) is 0 Å². The Kier molecular flexibility index (Phi) is 6.30. The van der Waals surface area contributed by atoms with Gasteiger partial charge in [-0.05, 0) is 32.9 Å². The molecule has 25 heavy (non-hydrogen) atoms. The maximum atomic E-state index is 12.4. The van der Waals surface area contributed by atoms with Crippen LogP contribution in [0.3, 0.4) is 0 Å². The van der Waals surface area contributed by atoms with Crippen LogP contribution >= 0.6 is 0 Å². The van der Waals surface area contributed by atoms with Crippen molar-refractivity contribution >= 4 is 11.9 Å². The molecule has 0 spiro atoms. The molecular formula is C18H23N3O4. The molecule has 1 aromatic heterocycles. The van der Waals surface area contributed by atoms with Crippen molar-refractivity contribution in [3.8, 4) is 5.69 Å². The SMILES string of the molecule is CCOC(=O)C(NC(=O)COC)c1c(C)nn(-c2ccccc2)c1C. The van der Waals surface area contributed by atoms with Gasteiger partial charge in [-0.1, -0.05) is 18.2 Å². The molecule has 134 valence electrons. The van der Waals surface area contributed by atoms with Gasteiger partial charge in [0, 0.05) is 18.4 Å². The summed E-state index contributed by atoms with van der Waals surface area (Å²) in [6.45, 7) is 5.47. The van der Waals surface area contributed by atoms with Crippen LogP contribution in [0.1, 0.15) is 29.9 Å². The van der Waals surface area contributed by atoms with E-state index in [0.717, 1.165) is 11.4 Å². The third-order valence-electron chi connectivity index (χ3n) is 3.74. The van der Waals surface area contributed by atoms with Crippen molar-refractivity contribution in [2.45, 2.75) is 26.8 Å². The van der Waals surface area contributed by atoms with Gasteiger partial charge in [0.25, 0.3) is 0 Å². The van der Waals surface area contributed by atoms with Crippen LogP contribution in [0.2, 0.25) is 0 Å². The van der Waals surface area contributed by atoms with Gasteiger partial charge in [0.1, 0.15) is 6.61 Å². The number of carbonyl (C=O) groups excluding carboxylic acids is 2. The average molecular weight is 345 g/mol. The molecule has 0 bridgehead atoms. The number of esters is 1. The Morgan fingerprint density at radius 2 is 1.92 bits per heavy atom. The van der Waals surface area contributed by atoms with Gasteiger partial charge in [0.15, 0.2) is 6.04 Å². The molecule has 1 atom stereocenters. The van der Waals surface area contributed by atoms with E-state index in [1.807, 2.05) is 37.3 Å². The summed E-state index contributed by atoms with van der Waals surface area (Å²) in [6.07, 6.45) is 0. The molecule has 1 amide bonds. The second-order valence-electron chi connectivity index (χ2n) is 5.52. The number of para-hydroxylation sites is 1. The molecule has 0 saturated heterocycles. The van der Waals surface area contributed by atoms with Crippen LogP contribution in [0.25, 0.3) is 5.69 Å². The van der Waals surface area contributed by atoms with Crippen molar-refractivity contribution < 1.29 is 19.1 Å². The summed E-state index contributed by atoms with van der Waals surface area (Å²) in [6, 6.07) is 8.66. The van der Waals surface area contributed by atoms with Crippen molar-refractivity contribution in [1.29, 1.82) is 0 Å². The van der Waals surface area contributed by atoms with Crippen LogP contribution in [0.4, 0.5) is 0 Å². The predicted octanol–water partition coefficient (Wildman–Crippen LogP) is 1.86. The molecule has 0 aliphatic heterocycles. The number of aryl methyl sites for hydroxylation is 1. The summed E-state index contributed by atoms with van der Waals surface area (Å²) in [7, 11) is 1.42. The number of nitrogens with one attached hydrogen (secondary N) is 1. The summed E-state index contributed by atoms with van der Waals surface area (Å²) < 4.78 is 11.7. The first-order valence-electron chi connectivity index (χ1n) is 8.06. The molecule has 1 unspecified atom stereocenters. The molecule has 0 radical (unpaired) electrons. The van der Waals surface area contributed by atoms with E-state index in [4.69, 9.17) is 9.47 Å². The predicted molar refractivity (Wildman–Crippen MR) is 92.4 cm³/mol. The molecule has 1 heterocycles. The molecule has 2 aromatic rings. The van der Waals surface area contributed by atoms with Gasteiger partial charge in [0.2, 0.25) is 5.91 Å². The highest BCUT2D eigenvalue weighted by Crippen LogP contribution is 2.25. The van der Waals surface area contributed by atoms with Crippen LogP contribution in [-0.4, -0.2) is 42.0 Å². The lowest BCUT2D eigenvalue weighted by atomic mass is 10.0. The van der Waals surface area contributed by atoms with E-state index in [-0.39, 0.29) is 13.2 Å². The Morgan fingerprint density at radius 1 is 1.24 bits per heavy atom. The fraction of sp³-hybridized carbons (Fsp3) is 0.389. The minimum absolute atomic E-state index is 0.138. The topological polar surface area (TPSA) is 82.4 Å². The minimum atomic E-state index is -0.930. The van der Waals surface area contributed by atoms with Crippen molar-refractivity contribution in [1.82, 2.24) is 15.1 Å². The molecule has 0 saturated carbocycles. The van der Waals surface area contributed by atoms with E-state index in [9.17, 15) is 9.59 Å². The summed E-state index contributed by atoms with van der Waals surface area (Å²) >= 11 is 0. The first-order valence-corrected chi connectivity index (χ1v) is 8.06. The lowest BCUT2D eigenvalue weighted by Gasteiger charge is -2.18. The van der Waals surface area contributed by atoms with Crippen LogP contribution in [0.5, 0.6) is 0 Å². The Hall–Kier alpha value is -2.67. The number of hydrogen-bond acceptors (Lipinski definition) is 5. The molecule has 7 heteroatoms. The van der Waals surface area contributed by atoms with Gasteiger partial charge in [-0.3, -0.25) is 4.79 Å². The smallest absolute Gasteiger partial charge is 0.333 e. The second-order valence-corrected chi connectivity index (χ2v) is 5.52. The molecule has 1 N–H and O–H groups in total. The highest BCUT2D eigenvalue weighted by Gasteiger charge is 2.30. The molecular weight excluding hydrogens is 322 g/mol. The van der Waals surface area contributed by atoms with Crippen LogP contribution < -0.4 is 5.32 Å². The highest BCUT2D eigenvalue weighted by molar-refractivity contribution is 5.86. The fourth-order valence-electron chi connectivity index (χ4n) is 2.70. The third kappa shape index (κ3) is 4.24. The zero-order valence-corrected chi connectivity index (χ0v) is 14.9. The Labute approximate surface area is 146 Å². The van der Waals surface area contributed by atoms with Crippen LogP contribution in [0, 0.1) is 13.8 Å². The number of methoxy groups -OCH3 is 1. The lowest BCUT2D eigenvalue weighted by molar-refractivity contribution is -0.148. The van der Waals surface area contributed by atoms with Gasteiger partial charge >= 0.3 is 5.97 Å². The number of amides is 1. The van der Waals surface area contributed by atoms with Gasteiger partial charge < -0.3 is 14.8 Å². The van der Waals surface area contributed by atoms with Gasteiger partial charge in [-0.15, -0.1) is 0 Å². The van der Waals surface area contributed by atoms with Crippen LogP contribution in [-0.2, 0) is 19.1 Å². The maximum Gasteiger partial charge on any atom is 0.333 e. The first-order chi connectivity index (χ1) is 12.0. The van der Waals surface area contributed by atoms with E-state index in [2.05, 4.69) is 10.4 Å². The van der Waals surface area contributed by atoms with Gasteiger partial charge in [0.05, 0.1) is 18.0 Å². The van der Waals surface area contributed by atoms with Gasteiger partial charge in [-0.25, -0.2) is 9.48 Å². The monoisotopic (exact) mass is 345 g/mol. The van der Waals surface area contributed by atoms with E-state index in [0.29, 0.717) is 11.3 Å². The maximum absolute atomic E-state index is 12.4. The largest absolute Gasteiger partial charge is 0.464 e. The van der Waals surface area contributed by atoms with E-state index in [1.165, 1.54) is 7.11 Å². The Morgan fingerprint density at radius 3 is 2.52 bits per heavy atom. The number of carbonyl (C=O) groups is 2. The minimum Gasteiger partial charge on any atom is -0.464 e. The normalized spacial score (nSPS) is 11.8. The molecule has 1 aromatic carbocycles. The van der Waals surface area contributed by atoms with Crippen LogP contribution in [0.15, 0.2) is 30.3 Å². The number of benzene rings is 1. The number of nitrogens with zero attached hydrogens (tertiary/aromatic N) is 2. The highest BCUT2D eigenvalue weighted by atomic mass is 16.5. The standard InChI is InChI=1S/C18H23N3O4/c1-5-25-18(23)17(19-15(22)11-24-4)16-12(2)20-21(13(16)3)14-9-7-6-8-10-14/h6-10,17H,5,11H2,1-4H3,(H,19,22). The number of aromatic nitrogens is 2. The first kappa shape index (κ1) is 18.7. The summed E-state index contributed by atoms with van der Waals surface area (Å²) in [5.41, 5.74) is 2.92. The second kappa shape index (κ2) is 8.43. The molecule has 0 fully saturated rings. The van der Waals surface area contributed by atoms with Gasteiger partial charge in [-0.2, -0.15) is 5.10 Å². The van der Waals surface area contributed by atoms with E-state index < -0.39 is 17.9 Å². The summed E-state index contributed by atoms with van der Waals surface area (Å²) in [5.74, 6) is -0.919. The average Bonchev–Trinajstić information content (AvgIpc) is 2.88. The quantitative estimate of drug-likeness (QED) is 0.775. The molecule has 7 nitrogen and oxygen atoms in total. The fourth-order valence-corrected chi connectivity index (χ4v) is 2.70.